The monoisotopic (exact) mass is 282 g/mol. The Morgan fingerprint density at radius 1 is 1.44 bits per heavy atom. The van der Waals surface area contributed by atoms with Gasteiger partial charge in [-0.1, -0.05) is 42.9 Å². The summed E-state index contributed by atoms with van der Waals surface area (Å²) >= 11 is 10.8. The van der Waals surface area contributed by atoms with Gasteiger partial charge in [-0.2, -0.15) is 0 Å². The van der Waals surface area contributed by atoms with Crippen LogP contribution in [0.3, 0.4) is 0 Å². The lowest BCUT2D eigenvalue weighted by Crippen LogP contribution is -2.02. The maximum absolute atomic E-state index is 13.8. The average molecular weight is 283 g/mol. The van der Waals surface area contributed by atoms with Crippen LogP contribution in [0, 0.1) is 10.5 Å². The highest BCUT2D eigenvalue weighted by Crippen LogP contribution is 2.19. The van der Waals surface area contributed by atoms with Crippen molar-refractivity contribution in [1.82, 2.24) is 9.97 Å². The Kier molecular flexibility index (Phi) is 4.09. The van der Waals surface area contributed by atoms with Crippen LogP contribution in [0.2, 0.25) is 5.02 Å². The minimum absolute atomic E-state index is 0.123. The summed E-state index contributed by atoms with van der Waals surface area (Å²) in [4.78, 5) is 7.34. The van der Waals surface area contributed by atoms with Crippen LogP contribution >= 0.6 is 23.8 Å². The zero-order valence-corrected chi connectivity index (χ0v) is 11.4. The van der Waals surface area contributed by atoms with Crippen LogP contribution in [0.1, 0.15) is 24.0 Å². The van der Waals surface area contributed by atoms with E-state index in [4.69, 9.17) is 23.8 Å². The van der Waals surface area contributed by atoms with E-state index in [0.717, 1.165) is 12.1 Å². The molecule has 0 spiro atoms. The molecule has 2 rings (SSSR count). The van der Waals surface area contributed by atoms with Crippen molar-refractivity contribution in [2.75, 3.05) is 0 Å². The minimum Gasteiger partial charge on any atom is -0.347 e. The number of aromatic amines is 1. The van der Waals surface area contributed by atoms with Gasteiger partial charge in [0.25, 0.3) is 0 Å². The maximum atomic E-state index is 13.8. The number of hydrogen-bond acceptors (Lipinski definition) is 2. The summed E-state index contributed by atoms with van der Waals surface area (Å²) in [5.41, 5.74) is 1.50. The van der Waals surface area contributed by atoms with Crippen LogP contribution in [0.25, 0.3) is 0 Å². The quantitative estimate of drug-likeness (QED) is 0.859. The highest BCUT2D eigenvalue weighted by atomic mass is 35.5. The first kappa shape index (κ1) is 13.2. The summed E-state index contributed by atoms with van der Waals surface area (Å²) in [6, 6.07) is 6.75. The third-order valence-electron chi connectivity index (χ3n) is 2.62. The molecule has 0 amide bonds. The Hall–Kier alpha value is -1.26. The van der Waals surface area contributed by atoms with Crippen LogP contribution in [0.5, 0.6) is 0 Å². The number of nitrogens with one attached hydrogen (secondary N) is 1. The summed E-state index contributed by atoms with van der Waals surface area (Å²) in [7, 11) is 0. The lowest BCUT2D eigenvalue weighted by molar-refractivity contribution is 0.612. The number of aryl methyl sites for hydroxylation is 1. The molecule has 0 fully saturated rings. The molecule has 1 N–H and O–H groups in total. The second-order valence-corrected chi connectivity index (χ2v) is 4.76. The number of H-pyrrole nitrogens is 1. The van der Waals surface area contributed by atoms with E-state index in [1.807, 2.05) is 13.0 Å². The van der Waals surface area contributed by atoms with E-state index in [1.165, 1.54) is 6.07 Å². The van der Waals surface area contributed by atoms with E-state index in [9.17, 15) is 4.39 Å². The fourth-order valence-electron chi connectivity index (χ4n) is 1.70. The first-order valence-electron chi connectivity index (χ1n) is 5.62. The SMILES string of the molecule is CCc1cc(=S)nc(Cc2cccc(Cl)c2F)[nH]1. The van der Waals surface area contributed by atoms with E-state index in [-0.39, 0.29) is 5.02 Å². The minimum atomic E-state index is -0.401. The topological polar surface area (TPSA) is 28.7 Å². The molecule has 5 heteroatoms. The summed E-state index contributed by atoms with van der Waals surface area (Å²) in [6.45, 7) is 2.02. The van der Waals surface area contributed by atoms with Gasteiger partial charge in [0.2, 0.25) is 0 Å². The van der Waals surface area contributed by atoms with Crippen molar-refractivity contribution >= 4 is 23.8 Å². The summed E-state index contributed by atoms with van der Waals surface area (Å²) < 4.78 is 14.3. The molecule has 0 radical (unpaired) electrons. The van der Waals surface area contributed by atoms with Crippen molar-refractivity contribution in [3.63, 3.8) is 0 Å². The van der Waals surface area contributed by atoms with E-state index in [0.29, 0.717) is 22.4 Å². The smallest absolute Gasteiger partial charge is 0.145 e. The van der Waals surface area contributed by atoms with Crippen molar-refractivity contribution in [1.29, 1.82) is 0 Å². The van der Waals surface area contributed by atoms with Crippen LogP contribution in [-0.2, 0) is 12.8 Å². The molecule has 94 valence electrons. The lowest BCUT2D eigenvalue weighted by Gasteiger charge is -2.06. The number of aromatic nitrogens is 2. The Morgan fingerprint density at radius 2 is 2.22 bits per heavy atom. The summed E-state index contributed by atoms with van der Waals surface area (Å²) in [5, 5.41) is 0.123. The molecule has 0 unspecified atom stereocenters. The standard InChI is InChI=1S/C13H12ClFN2S/c1-2-9-7-12(18)17-11(16-9)6-8-4-3-5-10(14)13(8)15/h3-5,7H,2,6H2,1H3,(H,16,17,18). The largest absolute Gasteiger partial charge is 0.347 e. The van der Waals surface area contributed by atoms with Gasteiger partial charge in [-0.25, -0.2) is 9.37 Å². The van der Waals surface area contributed by atoms with Crippen LogP contribution in [-0.4, -0.2) is 9.97 Å². The highest BCUT2D eigenvalue weighted by Gasteiger charge is 2.08. The van der Waals surface area contributed by atoms with Crippen molar-refractivity contribution in [2.45, 2.75) is 19.8 Å². The molecule has 1 heterocycles. The molecule has 0 saturated heterocycles. The Morgan fingerprint density at radius 3 is 2.94 bits per heavy atom. The molecule has 0 aliphatic heterocycles. The van der Waals surface area contributed by atoms with Crippen molar-refractivity contribution in [3.8, 4) is 0 Å². The lowest BCUT2D eigenvalue weighted by atomic mass is 10.1. The van der Waals surface area contributed by atoms with Gasteiger partial charge >= 0.3 is 0 Å². The molecule has 18 heavy (non-hydrogen) atoms. The van der Waals surface area contributed by atoms with Crippen LogP contribution < -0.4 is 0 Å². The predicted octanol–water partition coefficient (Wildman–Crippen LogP) is 4.08. The second-order valence-electron chi connectivity index (χ2n) is 3.93. The van der Waals surface area contributed by atoms with Gasteiger partial charge in [-0.3, -0.25) is 0 Å². The zero-order chi connectivity index (χ0) is 13.1. The molecule has 0 aliphatic carbocycles. The number of hydrogen-bond donors (Lipinski definition) is 1. The van der Waals surface area contributed by atoms with Gasteiger partial charge in [0.1, 0.15) is 16.3 Å². The number of halogens is 2. The Bertz CT molecular complexity index is 625. The van der Waals surface area contributed by atoms with Gasteiger partial charge in [-0.15, -0.1) is 0 Å². The first-order chi connectivity index (χ1) is 8.60. The molecule has 0 aliphatic rings. The number of rotatable bonds is 3. The molecule has 1 aromatic carbocycles. The normalized spacial score (nSPS) is 10.6. The molecule has 1 aromatic heterocycles. The fraction of sp³-hybridized carbons (Fsp3) is 0.231. The second kappa shape index (κ2) is 5.59. The third-order valence-corrected chi connectivity index (χ3v) is 3.12. The average Bonchev–Trinajstić information content (AvgIpc) is 2.34. The molecule has 2 nitrogen and oxygen atoms in total. The number of nitrogens with zero attached hydrogens (tertiary/aromatic N) is 1. The van der Waals surface area contributed by atoms with Gasteiger partial charge < -0.3 is 4.98 Å². The predicted molar refractivity (Wildman–Crippen MR) is 73.0 cm³/mol. The van der Waals surface area contributed by atoms with Gasteiger partial charge in [0.05, 0.1) is 5.02 Å². The van der Waals surface area contributed by atoms with Gasteiger partial charge in [0, 0.05) is 12.1 Å². The van der Waals surface area contributed by atoms with E-state index in [2.05, 4.69) is 9.97 Å². The number of benzene rings is 1. The Labute approximate surface area is 115 Å². The highest BCUT2D eigenvalue weighted by molar-refractivity contribution is 7.71. The first-order valence-corrected chi connectivity index (χ1v) is 6.40. The fourth-order valence-corrected chi connectivity index (χ4v) is 2.15. The molecular formula is C13H12ClFN2S. The van der Waals surface area contributed by atoms with E-state index in [1.54, 1.807) is 12.1 Å². The maximum Gasteiger partial charge on any atom is 0.145 e. The van der Waals surface area contributed by atoms with Crippen molar-refractivity contribution in [2.24, 2.45) is 0 Å². The molecule has 2 aromatic rings. The van der Waals surface area contributed by atoms with Gasteiger partial charge in [-0.05, 0) is 24.1 Å². The molecule has 0 atom stereocenters. The van der Waals surface area contributed by atoms with Gasteiger partial charge in [0.15, 0.2) is 0 Å². The zero-order valence-electron chi connectivity index (χ0n) is 9.84. The molecular weight excluding hydrogens is 271 g/mol. The third kappa shape index (κ3) is 2.94. The summed E-state index contributed by atoms with van der Waals surface area (Å²) in [5.74, 6) is 0.253. The van der Waals surface area contributed by atoms with Crippen molar-refractivity contribution < 1.29 is 4.39 Å². The molecule has 0 saturated carbocycles. The van der Waals surface area contributed by atoms with E-state index >= 15 is 0 Å². The Balaban J connectivity index is 2.37. The molecule has 0 bridgehead atoms. The summed E-state index contributed by atoms with van der Waals surface area (Å²) in [6.07, 6.45) is 1.18. The van der Waals surface area contributed by atoms with E-state index < -0.39 is 5.82 Å². The van der Waals surface area contributed by atoms with Crippen LogP contribution in [0.4, 0.5) is 4.39 Å². The van der Waals surface area contributed by atoms with Crippen LogP contribution in [0.15, 0.2) is 24.3 Å². The van der Waals surface area contributed by atoms with Crippen molar-refractivity contribution in [3.05, 3.63) is 56.8 Å².